The molecule has 2 rings (SSSR count). The van der Waals surface area contributed by atoms with Gasteiger partial charge in [-0.1, -0.05) is 13.0 Å². The largest absolute Gasteiger partial charge is 0.316 e. The van der Waals surface area contributed by atoms with Gasteiger partial charge in [-0.2, -0.15) is 5.26 Å². The summed E-state index contributed by atoms with van der Waals surface area (Å²) in [5.41, 5.74) is 1.07. The van der Waals surface area contributed by atoms with Crippen LogP contribution in [-0.2, 0) is 6.54 Å². The summed E-state index contributed by atoms with van der Waals surface area (Å²) in [6, 6.07) is 6.76. The molecular formula is C17H24FN3. The van der Waals surface area contributed by atoms with Gasteiger partial charge in [0.25, 0.3) is 0 Å². The lowest BCUT2D eigenvalue weighted by Crippen LogP contribution is -2.38. The quantitative estimate of drug-likeness (QED) is 0.875. The van der Waals surface area contributed by atoms with Gasteiger partial charge in [0.1, 0.15) is 5.82 Å². The van der Waals surface area contributed by atoms with E-state index < -0.39 is 0 Å². The van der Waals surface area contributed by atoms with Crippen LogP contribution in [0.1, 0.15) is 37.3 Å². The zero-order valence-corrected chi connectivity index (χ0v) is 12.7. The molecule has 1 saturated heterocycles. The van der Waals surface area contributed by atoms with Crippen molar-refractivity contribution < 1.29 is 4.39 Å². The second-order valence-corrected chi connectivity index (χ2v) is 5.87. The third kappa shape index (κ3) is 4.80. The van der Waals surface area contributed by atoms with Crippen molar-refractivity contribution in [2.75, 3.05) is 26.2 Å². The van der Waals surface area contributed by atoms with E-state index in [1.165, 1.54) is 18.9 Å². The lowest BCUT2D eigenvalue weighted by atomic mass is 9.98. The third-order valence-electron chi connectivity index (χ3n) is 4.03. The number of hydrogen-bond acceptors (Lipinski definition) is 3. The Balaban J connectivity index is 1.99. The van der Waals surface area contributed by atoms with Gasteiger partial charge in [-0.3, -0.25) is 4.90 Å². The zero-order chi connectivity index (χ0) is 15.1. The van der Waals surface area contributed by atoms with Crippen LogP contribution in [0.3, 0.4) is 0 Å². The maximum absolute atomic E-state index is 14.0. The van der Waals surface area contributed by atoms with Crippen molar-refractivity contribution in [1.29, 1.82) is 5.26 Å². The smallest absolute Gasteiger partial charge is 0.129 e. The number of benzene rings is 1. The van der Waals surface area contributed by atoms with E-state index in [1.54, 1.807) is 12.1 Å². The SMILES string of the molecule is CCCN(Cc1ccc(C#N)cc1F)CC1CCCNC1. The second-order valence-electron chi connectivity index (χ2n) is 5.87. The fourth-order valence-corrected chi connectivity index (χ4v) is 2.98. The predicted molar refractivity (Wildman–Crippen MR) is 82.3 cm³/mol. The van der Waals surface area contributed by atoms with E-state index in [4.69, 9.17) is 5.26 Å². The van der Waals surface area contributed by atoms with Gasteiger partial charge in [0.15, 0.2) is 0 Å². The zero-order valence-electron chi connectivity index (χ0n) is 12.7. The molecule has 4 heteroatoms. The van der Waals surface area contributed by atoms with E-state index in [0.717, 1.165) is 32.6 Å². The predicted octanol–water partition coefficient (Wildman–Crippen LogP) is 2.91. The summed E-state index contributed by atoms with van der Waals surface area (Å²) in [7, 11) is 0. The third-order valence-corrected chi connectivity index (χ3v) is 4.03. The Kier molecular flexibility index (Phi) is 6.16. The molecule has 0 aliphatic carbocycles. The first-order valence-electron chi connectivity index (χ1n) is 7.84. The fraction of sp³-hybridized carbons (Fsp3) is 0.588. The molecule has 1 aliphatic heterocycles. The molecule has 1 fully saturated rings. The maximum atomic E-state index is 14.0. The van der Waals surface area contributed by atoms with Crippen molar-refractivity contribution in [3.8, 4) is 6.07 Å². The fourth-order valence-electron chi connectivity index (χ4n) is 2.98. The highest BCUT2D eigenvalue weighted by atomic mass is 19.1. The number of nitriles is 1. The summed E-state index contributed by atoms with van der Waals surface area (Å²) in [6.45, 7) is 6.96. The minimum absolute atomic E-state index is 0.267. The van der Waals surface area contributed by atoms with Crippen LogP contribution in [0.25, 0.3) is 0 Å². The van der Waals surface area contributed by atoms with E-state index in [-0.39, 0.29) is 5.82 Å². The van der Waals surface area contributed by atoms with Crippen molar-refractivity contribution in [3.05, 3.63) is 35.1 Å². The Morgan fingerprint density at radius 1 is 1.48 bits per heavy atom. The lowest BCUT2D eigenvalue weighted by Gasteiger charge is -2.30. The van der Waals surface area contributed by atoms with Crippen LogP contribution >= 0.6 is 0 Å². The Morgan fingerprint density at radius 3 is 2.95 bits per heavy atom. The van der Waals surface area contributed by atoms with Crippen LogP contribution in [0.15, 0.2) is 18.2 Å². The van der Waals surface area contributed by atoms with Crippen LogP contribution in [0.2, 0.25) is 0 Å². The molecular weight excluding hydrogens is 265 g/mol. The number of hydrogen-bond donors (Lipinski definition) is 1. The standard InChI is InChI=1S/C17H24FN3/c1-2-8-21(12-15-4-3-7-20-11-15)13-16-6-5-14(10-19)9-17(16)18/h5-6,9,15,20H,2-4,7-8,11-13H2,1H3. The summed E-state index contributed by atoms with van der Waals surface area (Å²) in [4.78, 5) is 2.34. The Hall–Kier alpha value is -1.44. The highest BCUT2D eigenvalue weighted by Gasteiger charge is 2.17. The molecule has 3 nitrogen and oxygen atoms in total. The molecule has 1 N–H and O–H groups in total. The van der Waals surface area contributed by atoms with Crippen molar-refractivity contribution in [2.24, 2.45) is 5.92 Å². The van der Waals surface area contributed by atoms with Gasteiger partial charge in [0.05, 0.1) is 11.6 Å². The van der Waals surface area contributed by atoms with Gasteiger partial charge in [-0.15, -0.1) is 0 Å². The van der Waals surface area contributed by atoms with E-state index in [2.05, 4.69) is 17.1 Å². The molecule has 0 radical (unpaired) electrons. The van der Waals surface area contributed by atoms with Crippen LogP contribution in [-0.4, -0.2) is 31.1 Å². The molecule has 0 amide bonds. The molecule has 0 aromatic heterocycles. The van der Waals surface area contributed by atoms with Gasteiger partial charge in [-0.05, 0) is 56.9 Å². The molecule has 1 unspecified atom stereocenters. The van der Waals surface area contributed by atoms with E-state index in [9.17, 15) is 4.39 Å². The molecule has 1 aliphatic rings. The molecule has 21 heavy (non-hydrogen) atoms. The monoisotopic (exact) mass is 289 g/mol. The van der Waals surface area contributed by atoms with Gasteiger partial charge < -0.3 is 5.32 Å². The van der Waals surface area contributed by atoms with Crippen molar-refractivity contribution in [1.82, 2.24) is 10.2 Å². The summed E-state index contributed by atoms with van der Waals surface area (Å²) in [6.07, 6.45) is 3.55. The van der Waals surface area contributed by atoms with Gasteiger partial charge in [-0.25, -0.2) is 4.39 Å². The Bertz CT molecular complexity index is 489. The highest BCUT2D eigenvalue weighted by Crippen LogP contribution is 2.17. The van der Waals surface area contributed by atoms with Crippen LogP contribution in [0, 0.1) is 23.1 Å². The van der Waals surface area contributed by atoms with Gasteiger partial charge >= 0.3 is 0 Å². The number of piperidine rings is 1. The molecule has 1 atom stereocenters. The van der Waals surface area contributed by atoms with Crippen molar-refractivity contribution >= 4 is 0 Å². The van der Waals surface area contributed by atoms with E-state index in [1.807, 2.05) is 6.07 Å². The topological polar surface area (TPSA) is 39.1 Å². The van der Waals surface area contributed by atoms with Gasteiger partial charge in [0.2, 0.25) is 0 Å². The summed E-state index contributed by atoms with van der Waals surface area (Å²) >= 11 is 0. The molecule has 0 spiro atoms. The molecule has 1 heterocycles. The highest BCUT2D eigenvalue weighted by molar-refractivity contribution is 5.32. The minimum atomic E-state index is -0.267. The first kappa shape index (κ1) is 15.9. The molecule has 1 aromatic carbocycles. The first-order chi connectivity index (χ1) is 10.2. The summed E-state index contributed by atoms with van der Waals surface area (Å²) < 4.78 is 14.0. The normalized spacial score (nSPS) is 18.7. The van der Waals surface area contributed by atoms with Crippen LogP contribution in [0.5, 0.6) is 0 Å². The summed E-state index contributed by atoms with van der Waals surface area (Å²) in [5, 5.41) is 12.2. The molecule has 0 bridgehead atoms. The molecule has 1 aromatic rings. The average molecular weight is 289 g/mol. The van der Waals surface area contributed by atoms with Crippen molar-refractivity contribution in [2.45, 2.75) is 32.7 Å². The van der Waals surface area contributed by atoms with E-state index in [0.29, 0.717) is 23.6 Å². The first-order valence-corrected chi connectivity index (χ1v) is 7.84. The van der Waals surface area contributed by atoms with Crippen molar-refractivity contribution in [3.63, 3.8) is 0 Å². The van der Waals surface area contributed by atoms with Gasteiger partial charge in [0, 0.05) is 18.7 Å². The number of halogens is 1. The second kappa shape index (κ2) is 8.11. The maximum Gasteiger partial charge on any atom is 0.129 e. The van der Waals surface area contributed by atoms with Crippen LogP contribution in [0.4, 0.5) is 4.39 Å². The molecule has 114 valence electrons. The Morgan fingerprint density at radius 2 is 2.33 bits per heavy atom. The minimum Gasteiger partial charge on any atom is -0.316 e. The summed E-state index contributed by atoms with van der Waals surface area (Å²) in [5.74, 6) is 0.392. The average Bonchev–Trinajstić information content (AvgIpc) is 2.50. The Labute approximate surface area is 126 Å². The number of nitrogens with zero attached hydrogens (tertiary/aromatic N) is 2. The van der Waals surface area contributed by atoms with Crippen LogP contribution < -0.4 is 5.32 Å². The molecule has 0 saturated carbocycles. The van der Waals surface area contributed by atoms with E-state index >= 15 is 0 Å². The lowest BCUT2D eigenvalue weighted by molar-refractivity contribution is 0.199. The number of nitrogens with one attached hydrogen (secondary N) is 1. The number of rotatable bonds is 6.